The number of nitrogens with one attached hydrogen (secondary N) is 1. The first-order valence-corrected chi connectivity index (χ1v) is 10.3. The van der Waals surface area contributed by atoms with Gasteiger partial charge < -0.3 is 10.2 Å². The molecule has 28 heavy (non-hydrogen) atoms. The monoisotopic (exact) mass is 400 g/mol. The molecular formula is C19H24N6O2S. The molecule has 0 fully saturated rings. The van der Waals surface area contributed by atoms with Crippen LogP contribution in [-0.4, -0.2) is 52.2 Å². The fourth-order valence-electron chi connectivity index (χ4n) is 2.79. The van der Waals surface area contributed by atoms with Gasteiger partial charge in [0.1, 0.15) is 17.5 Å². The van der Waals surface area contributed by atoms with E-state index in [1.165, 1.54) is 23.9 Å². The number of non-ortho nitro benzene ring substituents is 1. The second kappa shape index (κ2) is 10.6. The predicted molar refractivity (Wildman–Crippen MR) is 112 cm³/mol. The number of benzene rings is 1. The van der Waals surface area contributed by atoms with Gasteiger partial charge in [0.05, 0.1) is 10.6 Å². The third kappa shape index (κ3) is 5.41. The molecule has 8 nitrogen and oxygen atoms in total. The Bertz CT molecular complexity index is 864. The van der Waals surface area contributed by atoms with Crippen LogP contribution in [0.5, 0.6) is 0 Å². The van der Waals surface area contributed by atoms with Gasteiger partial charge in [-0.05, 0) is 32.3 Å². The van der Waals surface area contributed by atoms with Crippen molar-refractivity contribution < 1.29 is 4.92 Å². The summed E-state index contributed by atoms with van der Waals surface area (Å²) in [6.45, 7) is 7.89. The first-order valence-electron chi connectivity index (χ1n) is 9.11. The number of nitro groups is 1. The van der Waals surface area contributed by atoms with Crippen LogP contribution in [0.3, 0.4) is 0 Å². The average Bonchev–Trinajstić information content (AvgIpc) is 2.73. The Morgan fingerprint density at radius 1 is 1.32 bits per heavy atom. The molecule has 0 aliphatic carbocycles. The predicted octanol–water partition coefficient (Wildman–Crippen LogP) is 3.79. The van der Waals surface area contributed by atoms with E-state index in [2.05, 4.69) is 40.1 Å². The Morgan fingerprint density at radius 2 is 2.07 bits per heavy atom. The van der Waals surface area contributed by atoms with Crippen molar-refractivity contribution in [1.82, 2.24) is 14.9 Å². The SMILES string of the molecule is CCN(CC)CCCNc1nc(SC)nc(-c2cccc([N+](=O)[O-])c2)c1C#N. The van der Waals surface area contributed by atoms with Crippen molar-refractivity contribution in [1.29, 1.82) is 5.26 Å². The summed E-state index contributed by atoms with van der Waals surface area (Å²) in [5.74, 6) is 0.461. The normalized spacial score (nSPS) is 10.7. The standard InChI is InChI=1S/C19H24N6O2S/c1-4-24(5-2)11-7-10-21-18-16(13-20)17(22-19(23-18)28-3)14-8-6-9-15(12-14)25(26)27/h6,8-9,12H,4-5,7,10-11H2,1-3H3,(H,21,22,23). The second-order valence-corrected chi connectivity index (χ2v) is 6.78. The van der Waals surface area contributed by atoms with Crippen LogP contribution in [-0.2, 0) is 0 Å². The number of hydrogen-bond donors (Lipinski definition) is 1. The van der Waals surface area contributed by atoms with Gasteiger partial charge in [-0.3, -0.25) is 10.1 Å². The molecule has 2 rings (SSSR count). The number of rotatable bonds is 10. The van der Waals surface area contributed by atoms with E-state index in [4.69, 9.17) is 0 Å². The molecule has 0 spiro atoms. The zero-order chi connectivity index (χ0) is 20.5. The first kappa shape index (κ1) is 21.6. The minimum atomic E-state index is -0.460. The van der Waals surface area contributed by atoms with Crippen molar-refractivity contribution in [3.05, 3.63) is 39.9 Å². The largest absolute Gasteiger partial charge is 0.369 e. The van der Waals surface area contributed by atoms with Crippen LogP contribution in [0, 0.1) is 21.4 Å². The summed E-state index contributed by atoms with van der Waals surface area (Å²) in [4.78, 5) is 21.8. The number of hydrogen-bond acceptors (Lipinski definition) is 8. The molecule has 0 aliphatic heterocycles. The molecule has 0 unspecified atom stereocenters. The summed E-state index contributed by atoms with van der Waals surface area (Å²) >= 11 is 1.36. The highest BCUT2D eigenvalue weighted by molar-refractivity contribution is 7.98. The lowest BCUT2D eigenvalue weighted by molar-refractivity contribution is -0.384. The number of aromatic nitrogens is 2. The van der Waals surface area contributed by atoms with Gasteiger partial charge in [-0.1, -0.05) is 37.7 Å². The van der Waals surface area contributed by atoms with Crippen molar-refractivity contribution in [3.8, 4) is 17.3 Å². The summed E-state index contributed by atoms with van der Waals surface area (Å²) in [7, 11) is 0. The number of nitrogens with zero attached hydrogens (tertiary/aromatic N) is 5. The van der Waals surface area contributed by atoms with Gasteiger partial charge in [-0.2, -0.15) is 5.26 Å². The van der Waals surface area contributed by atoms with Gasteiger partial charge in [-0.15, -0.1) is 0 Å². The van der Waals surface area contributed by atoms with Crippen molar-refractivity contribution in [3.63, 3.8) is 0 Å². The highest BCUT2D eigenvalue weighted by Gasteiger charge is 2.18. The van der Waals surface area contributed by atoms with Crippen LogP contribution < -0.4 is 5.32 Å². The van der Waals surface area contributed by atoms with Crippen LogP contribution >= 0.6 is 11.8 Å². The van der Waals surface area contributed by atoms with Crippen molar-refractivity contribution >= 4 is 23.3 Å². The molecule has 0 atom stereocenters. The van der Waals surface area contributed by atoms with Gasteiger partial charge >= 0.3 is 0 Å². The molecule has 1 aromatic carbocycles. The number of nitro benzene ring substituents is 1. The highest BCUT2D eigenvalue weighted by Crippen LogP contribution is 2.30. The minimum absolute atomic E-state index is 0.0422. The number of anilines is 1. The zero-order valence-corrected chi connectivity index (χ0v) is 17.1. The fraction of sp³-hybridized carbons (Fsp3) is 0.421. The molecule has 1 aromatic heterocycles. The zero-order valence-electron chi connectivity index (χ0n) is 16.3. The third-order valence-corrected chi connectivity index (χ3v) is 4.90. The van der Waals surface area contributed by atoms with Crippen molar-refractivity contribution in [2.45, 2.75) is 25.4 Å². The molecule has 1 N–H and O–H groups in total. The van der Waals surface area contributed by atoms with E-state index in [0.29, 0.717) is 34.3 Å². The van der Waals surface area contributed by atoms with E-state index in [9.17, 15) is 15.4 Å². The maximum absolute atomic E-state index is 11.1. The summed E-state index contributed by atoms with van der Waals surface area (Å²) in [5.41, 5.74) is 1.17. The van der Waals surface area contributed by atoms with E-state index < -0.39 is 4.92 Å². The lowest BCUT2D eigenvalue weighted by Crippen LogP contribution is -2.25. The third-order valence-electron chi connectivity index (χ3n) is 4.35. The summed E-state index contributed by atoms with van der Waals surface area (Å²) < 4.78 is 0. The van der Waals surface area contributed by atoms with Crippen molar-refractivity contribution in [2.75, 3.05) is 37.8 Å². The molecular weight excluding hydrogens is 376 g/mol. The molecule has 148 valence electrons. The van der Waals surface area contributed by atoms with E-state index in [-0.39, 0.29) is 5.69 Å². The van der Waals surface area contributed by atoms with Gasteiger partial charge in [-0.25, -0.2) is 9.97 Å². The molecule has 0 saturated heterocycles. The van der Waals surface area contributed by atoms with E-state index in [1.807, 2.05) is 6.26 Å². The number of thioether (sulfide) groups is 1. The molecule has 0 aliphatic rings. The Hall–Kier alpha value is -2.70. The fourth-order valence-corrected chi connectivity index (χ4v) is 3.16. The molecule has 2 aromatic rings. The summed E-state index contributed by atoms with van der Waals surface area (Å²) in [6.07, 6.45) is 2.76. The van der Waals surface area contributed by atoms with Crippen LogP contribution in [0.2, 0.25) is 0 Å². The minimum Gasteiger partial charge on any atom is -0.369 e. The maximum atomic E-state index is 11.1. The highest BCUT2D eigenvalue weighted by atomic mass is 32.2. The smallest absolute Gasteiger partial charge is 0.270 e. The Kier molecular flexibility index (Phi) is 8.17. The first-order chi connectivity index (χ1) is 13.5. The van der Waals surface area contributed by atoms with E-state index >= 15 is 0 Å². The lowest BCUT2D eigenvalue weighted by Gasteiger charge is -2.18. The topological polar surface area (TPSA) is 108 Å². The Balaban J connectivity index is 2.32. The average molecular weight is 401 g/mol. The van der Waals surface area contributed by atoms with Crippen LogP contribution in [0.15, 0.2) is 29.4 Å². The van der Waals surface area contributed by atoms with Gasteiger partial charge in [0.25, 0.3) is 5.69 Å². The van der Waals surface area contributed by atoms with Crippen LogP contribution in [0.1, 0.15) is 25.8 Å². The second-order valence-electron chi connectivity index (χ2n) is 6.01. The summed E-state index contributed by atoms with van der Waals surface area (Å²) in [6, 6.07) is 8.30. The van der Waals surface area contributed by atoms with Gasteiger partial charge in [0, 0.05) is 24.2 Å². The Labute approximate surface area is 169 Å². The molecule has 0 radical (unpaired) electrons. The molecule has 1 heterocycles. The van der Waals surface area contributed by atoms with E-state index in [1.54, 1.807) is 12.1 Å². The molecule has 0 bridgehead atoms. The quantitative estimate of drug-likeness (QED) is 0.211. The molecule has 0 saturated carbocycles. The van der Waals surface area contributed by atoms with Crippen LogP contribution in [0.25, 0.3) is 11.3 Å². The van der Waals surface area contributed by atoms with Crippen LogP contribution in [0.4, 0.5) is 11.5 Å². The van der Waals surface area contributed by atoms with E-state index in [0.717, 1.165) is 26.1 Å². The number of nitriles is 1. The molecule has 0 amide bonds. The lowest BCUT2D eigenvalue weighted by atomic mass is 10.1. The maximum Gasteiger partial charge on any atom is 0.270 e. The van der Waals surface area contributed by atoms with Gasteiger partial charge in [0.2, 0.25) is 0 Å². The Morgan fingerprint density at radius 3 is 2.68 bits per heavy atom. The van der Waals surface area contributed by atoms with Crippen molar-refractivity contribution in [2.24, 2.45) is 0 Å². The molecule has 9 heteroatoms. The summed E-state index contributed by atoms with van der Waals surface area (Å²) in [5, 5.41) is 24.5. The van der Waals surface area contributed by atoms with Gasteiger partial charge in [0.15, 0.2) is 5.16 Å².